The molecule has 1 saturated heterocycles. The molecule has 0 radical (unpaired) electrons. The van der Waals surface area contributed by atoms with E-state index in [1.165, 1.54) is 5.56 Å². The summed E-state index contributed by atoms with van der Waals surface area (Å²) in [5.41, 5.74) is 7.23. The van der Waals surface area contributed by atoms with Crippen molar-refractivity contribution < 1.29 is 9.47 Å². The number of likely N-dealkylation sites (tertiary alicyclic amines) is 1. The van der Waals surface area contributed by atoms with Gasteiger partial charge in [-0.25, -0.2) is 0 Å². The van der Waals surface area contributed by atoms with E-state index >= 15 is 0 Å². The molecule has 2 N–H and O–H groups in total. The summed E-state index contributed by atoms with van der Waals surface area (Å²) in [4.78, 5) is 22.7. The maximum atomic E-state index is 13.0. The van der Waals surface area contributed by atoms with Crippen molar-refractivity contribution in [3.63, 3.8) is 0 Å². The van der Waals surface area contributed by atoms with Crippen LogP contribution in [0.15, 0.2) is 81.6 Å². The van der Waals surface area contributed by atoms with Crippen LogP contribution in [0.4, 0.5) is 5.69 Å². The van der Waals surface area contributed by atoms with Crippen LogP contribution in [0.3, 0.4) is 0 Å². The number of ether oxygens (including phenoxy) is 2. The van der Waals surface area contributed by atoms with Crippen molar-refractivity contribution in [1.29, 1.82) is 0 Å². The van der Waals surface area contributed by atoms with Gasteiger partial charge in [-0.05, 0) is 72.7 Å². The van der Waals surface area contributed by atoms with Crippen LogP contribution in [0, 0.1) is 0 Å². The molecule has 220 valence electrons. The zero-order chi connectivity index (χ0) is 29.8. The van der Waals surface area contributed by atoms with Gasteiger partial charge in [-0.2, -0.15) is 0 Å². The van der Waals surface area contributed by atoms with Crippen molar-refractivity contribution in [3.05, 3.63) is 98.8 Å². The number of hydrogen-bond acceptors (Lipinski definition) is 6. The average molecular weight is 559 g/mol. The van der Waals surface area contributed by atoms with Crippen LogP contribution >= 0.6 is 0 Å². The molecule has 41 heavy (non-hydrogen) atoms. The van der Waals surface area contributed by atoms with Gasteiger partial charge in [0, 0.05) is 56.4 Å². The maximum absolute atomic E-state index is 13.0. The number of H-pyrrole nitrogens is 1. The Kier molecular flexibility index (Phi) is 12.4. The van der Waals surface area contributed by atoms with E-state index in [-0.39, 0.29) is 5.56 Å². The highest BCUT2D eigenvalue weighted by atomic mass is 16.5. The fourth-order valence-electron chi connectivity index (χ4n) is 4.84. The van der Waals surface area contributed by atoms with Gasteiger partial charge in [-0.15, -0.1) is 0 Å². The normalized spacial score (nSPS) is 15.6. The van der Waals surface area contributed by atoms with E-state index in [0.717, 1.165) is 79.2 Å². The van der Waals surface area contributed by atoms with E-state index in [1.54, 1.807) is 26.6 Å². The monoisotopic (exact) mass is 558 g/mol. The van der Waals surface area contributed by atoms with E-state index in [9.17, 15) is 4.79 Å². The number of rotatable bonds is 15. The number of nitrogens with one attached hydrogen (secondary N) is 2. The molecule has 0 unspecified atom stereocenters. The number of methoxy groups -OCH3 is 2. The Balaban J connectivity index is 1.78. The molecule has 7 heteroatoms. The molecular formula is C34H46N4O3. The number of pyridine rings is 1. The highest BCUT2D eigenvalue weighted by Gasteiger charge is 2.27. The summed E-state index contributed by atoms with van der Waals surface area (Å²) in [6.45, 7) is 16.4. The molecule has 0 bridgehead atoms. The van der Waals surface area contributed by atoms with Crippen LogP contribution < -0.4 is 10.9 Å². The molecule has 2 aromatic rings. The van der Waals surface area contributed by atoms with Gasteiger partial charge in [0.1, 0.15) is 5.76 Å². The summed E-state index contributed by atoms with van der Waals surface area (Å²) in [6.07, 6.45) is 10.1. The van der Waals surface area contributed by atoms with Gasteiger partial charge in [0.05, 0.1) is 25.5 Å². The van der Waals surface area contributed by atoms with Crippen LogP contribution in [0.1, 0.15) is 69.6 Å². The Morgan fingerprint density at radius 3 is 2.54 bits per heavy atom. The minimum absolute atomic E-state index is 0.182. The van der Waals surface area contributed by atoms with Crippen LogP contribution in [0.25, 0.3) is 11.8 Å². The number of aliphatic imine (C=N–C) groups is 1. The topological polar surface area (TPSA) is 79.0 Å². The molecule has 7 nitrogen and oxygen atoms in total. The van der Waals surface area contributed by atoms with Crippen molar-refractivity contribution in [2.45, 2.75) is 52.9 Å². The SMILES string of the molecule is C=C(Nc1ccc(C2CN(CCOC)C2)cc1)c1c(/C=C(CCC)/C(C)=C/N=CC(OC)=C(C)CC)cc[nH]c1=O. The molecule has 0 amide bonds. The number of nitrogens with zero attached hydrogens (tertiary/aromatic N) is 2. The zero-order valence-corrected chi connectivity index (χ0v) is 25.5. The molecule has 0 spiro atoms. The first kappa shape index (κ1) is 31.8. The maximum Gasteiger partial charge on any atom is 0.257 e. The number of hydrogen-bond donors (Lipinski definition) is 2. The van der Waals surface area contributed by atoms with Gasteiger partial charge in [0.15, 0.2) is 0 Å². The van der Waals surface area contributed by atoms with Gasteiger partial charge >= 0.3 is 0 Å². The predicted octanol–water partition coefficient (Wildman–Crippen LogP) is 6.99. The summed E-state index contributed by atoms with van der Waals surface area (Å²) in [5, 5.41) is 3.35. The van der Waals surface area contributed by atoms with Crippen molar-refractivity contribution in [2.24, 2.45) is 4.99 Å². The third-order valence-corrected chi connectivity index (χ3v) is 7.53. The third-order valence-electron chi connectivity index (χ3n) is 7.53. The lowest BCUT2D eigenvalue weighted by molar-refractivity contribution is 0.0943. The van der Waals surface area contributed by atoms with Gasteiger partial charge in [-0.1, -0.05) is 45.1 Å². The molecule has 0 aliphatic carbocycles. The predicted molar refractivity (Wildman–Crippen MR) is 172 cm³/mol. The van der Waals surface area contributed by atoms with Gasteiger partial charge in [-0.3, -0.25) is 14.7 Å². The summed E-state index contributed by atoms with van der Waals surface area (Å²) >= 11 is 0. The van der Waals surface area contributed by atoms with E-state index in [0.29, 0.717) is 17.2 Å². The average Bonchev–Trinajstić information content (AvgIpc) is 2.94. The quantitative estimate of drug-likeness (QED) is 0.140. The summed E-state index contributed by atoms with van der Waals surface area (Å²) < 4.78 is 10.6. The largest absolute Gasteiger partial charge is 0.495 e. The molecule has 1 aliphatic heterocycles. The number of benzene rings is 1. The van der Waals surface area contributed by atoms with E-state index in [1.807, 2.05) is 26.1 Å². The fraction of sp³-hybridized carbons (Fsp3) is 0.412. The summed E-state index contributed by atoms with van der Waals surface area (Å²) in [7, 11) is 3.40. The Morgan fingerprint density at radius 1 is 1.17 bits per heavy atom. The molecule has 1 fully saturated rings. The highest BCUT2D eigenvalue weighted by Crippen LogP contribution is 2.29. The Morgan fingerprint density at radius 2 is 1.90 bits per heavy atom. The molecule has 0 saturated carbocycles. The van der Waals surface area contributed by atoms with Gasteiger partial charge in [0.25, 0.3) is 5.56 Å². The second-order valence-corrected chi connectivity index (χ2v) is 10.5. The Labute approximate surface area is 245 Å². The van der Waals surface area contributed by atoms with E-state index in [4.69, 9.17) is 9.47 Å². The van der Waals surface area contributed by atoms with Gasteiger partial charge < -0.3 is 19.8 Å². The lowest BCUT2D eigenvalue weighted by Crippen LogP contribution is -2.46. The third kappa shape index (κ3) is 8.90. The number of aromatic nitrogens is 1. The van der Waals surface area contributed by atoms with Crippen LogP contribution in [0.5, 0.6) is 0 Å². The van der Waals surface area contributed by atoms with Crippen LogP contribution in [-0.2, 0) is 9.47 Å². The Bertz CT molecular complexity index is 1340. The number of anilines is 1. The highest BCUT2D eigenvalue weighted by molar-refractivity contribution is 5.81. The Hall–Kier alpha value is -3.68. The fourth-order valence-corrected chi connectivity index (χ4v) is 4.84. The first-order chi connectivity index (χ1) is 19.8. The molecule has 1 aliphatic rings. The second kappa shape index (κ2) is 15.9. The minimum Gasteiger partial charge on any atom is -0.495 e. The number of aromatic amines is 1. The molecule has 1 aromatic heterocycles. The van der Waals surface area contributed by atoms with Crippen molar-refractivity contribution >= 4 is 23.7 Å². The van der Waals surface area contributed by atoms with Crippen molar-refractivity contribution in [3.8, 4) is 0 Å². The molecule has 3 rings (SSSR count). The zero-order valence-electron chi connectivity index (χ0n) is 25.5. The molecular weight excluding hydrogens is 512 g/mol. The molecule has 1 aromatic carbocycles. The van der Waals surface area contributed by atoms with Crippen molar-refractivity contribution in [1.82, 2.24) is 9.88 Å². The minimum atomic E-state index is -0.182. The van der Waals surface area contributed by atoms with E-state index < -0.39 is 0 Å². The number of allylic oxidation sites excluding steroid dienone is 4. The summed E-state index contributed by atoms with van der Waals surface area (Å²) in [5.74, 6) is 1.32. The second-order valence-electron chi connectivity index (χ2n) is 10.5. The van der Waals surface area contributed by atoms with E-state index in [2.05, 4.69) is 71.0 Å². The smallest absolute Gasteiger partial charge is 0.257 e. The lowest BCUT2D eigenvalue weighted by atomic mass is 9.91. The standard InChI is InChI=1S/C34H46N4O3/c1-8-10-28(25(4)20-35-21-32(41-7)24(3)9-2)19-29-15-16-36-34(39)33(29)26(5)37-31-13-11-27(12-14-31)30-22-38(23-30)17-18-40-6/h11-16,19-21,30,37H,5,8-10,17-18,22-23H2,1-4,6-7H3,(H,36,39)/b25-20+,28-19+,32-24?,35-21?. The molecule has 0 atom stereocenters. The lowest BCUT2D eigenvalue weighted by Gasteiger charge is -2.39. The van der Waals surface area contributed by atoms with Gasteiger partial charge in [0.2, 0.25) is 0 Å². The summed E-state index contributed by atoms with van der Waals surface area (Å²) in [6, 6.07) is 10.3. The first-order valence-corrected chi connectivity index (χ1v) is 14.4. The van der Waals surface area contributed by atoms with Crippen LogP contribution in [-0.4, -0.2) is 56.6 Å². The molecule has 2 heterocycles. The van der Waals surface area contributed by atoms with Crippen molar-refractivity contribution in [2.75, 3.05) is 45.8 Å². The first-order valence-electron chi connectivity index (χ1n) is 14.4. The van der Waals surface area contributed by atoms with Crippen LogP contribution in [0.2, 0.25) is 0 Å².